The first-order valence-corrected chi connectivity index (χ1v) is 3.72. The molecule has 74 valence electrons. The van der Waals surface area contributed by atoms with Crippen molar-refractivity contribution in [2.75, 3.05) is 20.2 Å². The summed E-state index contributed by atoms with van der Waals surface area (Å²) in [6.07, 6.45) is -0.0322. The topological polar surface area (TPSA) is 23.5 Å². The fourth-order valence-corrected chi connectivity index (χ4v) is 2.17. The molecule has 2 unspecified atom stereocenters. The van der Waals surface area contributed by atoms with Crippen LogP contribution in [0.3, 0.4) is 0 Å². The summed E-state index contributed by atoms with van der Waals surface area (Å²) in [7, 11) is 1.76. The number of alkyl halides is 2. The molecule has 2 atom stereocenters. The first-order valence-electron chi connectivity index (χ1n) is 3.72. The van der Waals surface area contributed by atoms with Crippen LogP contribution in [-0.4, -0.2) is 42.2 Å². The van der Waals surface area contributed by atoms with Crippen LogP contribution in [0.25, 0.3) is 0 Å². The number of aliphatic hydroxyl groups excluding tert-OH is 1. The summed E-state index contributed by atoms with van der Waals surface area (Å²) in [6.45, 7) is 0.289. The standard InChI is InChI=1S/C7H11F2NO.Pd/c1-10-4-6(5(10)2-11)3-7(6,8)9;/h5,11H,2-4H2,1H3;. The maximum Gasteiger partial charge on any atom is 0.257 e. The minimum Gasteiger partial charge on any atom is -0.395 e. The third-order valence-corrected chi connectivity index (χ3v) is 3.02. The molecule has 0 aromatic carbocycles. The molecule has 1 saturated carbocycles. The van der Waals surface area contributed by atoms with E-state index in [0.717, 1.165) is 0 Å². The molecule has 0 amide bonds. The Morgan fingerprint density at radius 1 is 1.58 bits per heavy atom. The second-order valence-electron chi connectivity index (χ2n) is 3.65. The largest absolute Gasteiger partial charge is 0.395 e. The molecule has 1 heterocycles. The number of likely N-dealkylation sites (tertiary alicyclic amines) is 1. The monoisotopic (exact) mass is 269 g/mol. The number of hydrogen-bond donors (Lipinski definition) is 1. The van der Waals surface area contributed by atoms with Crippen molar-refractivity contribution in [2.45, 2.75) is 18.4 Å². The van der Waals surface area contributed by atoms with Crippen LogP contribution in [0, 0.1) is 5.41 Å². The van der Waals surface area contributed by atoms with E-state index in [1.807, 2.05) is 0 Å². The van der Waals surface area contributed by atoms with Gasteiger partial charge < -0.3 is 5.11 Å². The second-order valence-corrected chi connectivity index (χ2v) is 3.65. The van der Waals surface area contributed by atoms with E-state index < -0.39 is 11.3 Å². The Bertz CT molecular complexity index is 202. The molecule has 1 saturated heterocycles. The molecule has 2 nitrogen and oxygen atoms in total. The van der Waals surface area contributed by atoms with Crippen molar-refractivity contribution in [1.82, 2.24) is 4.90 Å². The summed E-state index contributed by atoms with van der Waals surface area (Å²) in [4.78, 5) is 1.78. The number of rotatable bonds is 1. The van der Waals surface area contributed by atoms with Gasteiger partial charge in [-0.1, -0.05) is 0 Å². The Hall–Kier alpha value is 0.442. The van der Waals surface area contributed by atoms with E-state index in [9.17, 15) is 8.78 Å². The number of likely N-dealkylation sites (N-methyl/N-ethyl adjacent to an activating group) is 1. The van der Waals surface area contributed by atoms with Crippen LogP contribution in [0.2, 0.25) is 0 Å². The zero-order valence-electron chi connectivity index (χ0n) is 6.67. The number of hydrogen-bond acceptors (Lipinski definition) is 2. The molecule has 1 N–H and O–H groups in total. The molecular weight excluding hydrogens is 258 g/mol. The predicted molar refractivity (Wildman–Crippen MR) is 35.5 cm³/mol. The van der Waals surface area contributed by atoms with Gasteiger partial charge in [-0.15, -0.1) is 0 Å². The molecule has 0 aromatic rings. The predicted octanol–water partition coefficient (Wildman–Crippen LogP) is 0.316. The van der Waals surface area contributed by atoms with Crippen LogP contribution < -0.4 is 0 Å². The summed E-state index contributed by atoms with van der Waals surface area (Å²) in [5.74, 6) is -2.51. The number of aliphatic hydroxyl groups is 1. The van der Waals surface area contributed by atoms with Gasteiger partial charge in [0.2, 0.25) is 0 Å². The van der Waals surface area contributed by atoms with Crippen LogP contribution >= 0.6 is 0 Å². The van der Waals surface area contributed by atoms with E-state index in [1.54, 1.807) is 11.9 Å². The van der Waals surface area contributed by atoms with Crippen molar-refractivity contribution in [1.29, 1.82) is 0 Å². The average Bonchev–Trinajstić information content (AvgIpc) is 2.37. The van der Waals surface area contributed by atoms with E-state index in [4.69, 9.17) is 5.11 Å². The summed E-state index contributed by atoms with van der Waals surface area (Å²) in [6, 6.07) is -0.308. The zero-order chi connectivity index (χ0) is 8.28. The average molecular weight is 270 g/mol. The minimum absolute atomic E-state index is 0. The zero-order valence-corrected chi connectivity index (χ0v) is 8.22. The first-order chi connectivity index (χ1) is 5.03. The van der Waals surface area contributed by atoms with Crippen molar-refractivity contribution in [3.63, 3.8) is 0 Å². The molecule has 2 rings (SSSR count). The molecule has 0 radical (unpaired) electrons. The fraction of sp³-hybridized carbons (Fsp3) is 1.00. The Kier molecular flexibility index (Phi) is 2.38. The molecule has 2 fully saturated rings. The van der Waals surface area contributed by atoms with Crippen molar-refractivity contribution in [2.24, 2.45) is 5.41 Å². The van der Waals surface area contributed by atoms with Gasteiger partial charge in [-0.3, -0.25) is 4.90 Å². The van der Waals surface area contributed by atoms with Gasteiger partial charge in [0.05, 0.1) is 12.0 Å². The third kappa shape index (κ3) is 1.00. The van der Waals surface area contributed by atoms with Crippen molar-refractivity contribution < 1.29 is 34.3 Å². The molecule has 1 aliphatic carbocycles. The summed E-state index contributed by atoms with van der Waals surface area (Å²) >= 11 is 0. The third-order valence-electron chi connectivity index (χ3n) is 3.02. The normalized spacial score (nSPS) is 43.5. The Labute approximate surface area is 83.6 Å². The van der Waals surface area contributed by atoms with Crippen molar-refractivity contribution in [3.8, 4) is 0 Å². The molecule has 2 aliphatic rings. The van der Waals surface area contributed by atoms with Gasteiger partial charge in [-0.05, 0) is 7.05 Å². The molecular formula is C7H11F2NOPd. The maximum absolute atomic E-state index is 12.7. The Morgan fingerprint density at radius 3 is 2.25 bits per heavy atom. The molecule has 1 spiro atoms. The fourth-order valence-electron chi connectivity index (χ4n) is 2.17. The number of halogens is 2. The molecule has 0 bridgehead atoms. The smallest absolute Gasteiger partial charge is 0.257 e. The first kappa shape index (κ1) is 10.5. The Balaban J connectivity index is 0.000000720. The van der Waals surface area contributed by atoms with Gasteiger partial charge in [0, 0.05) is 39.4 Å². The van der Waals surface area contributed by atoms with Crippen LogP contribution in [0.5, 0.6) is 0 Å². The van der Waals surface area contributed by atoms with Gasteiger partial charge in [0.1, 0.15) is 0 Å². The van der Waals surface area contributed by atoms with E-state index >= 15 is 0 Å². The van der Waals surface area contributed by atoms with Crippen LogP contribution in [0.4, 0.5) is 8.78 Å². The van der Waals surface area contributed by atoms with E-state index in [0.29, 0.717) is 6.54 Å². The van der Waals surface area contributed by atoms with Crippen molar-refractivity contribution >= 4 is 0 Å². The van der Waals surface area contributed by atoms with Crippen molar-refractivity contribution in [3.05, 3.63) is 0 Å². The quantitative estimate of drug-likeness (QED) is 0.693. The van der Waals surface area contributed by atoms with Gasteiger partial charge in [-0.2, -0.15) is 0 Å². The summed E-state index contributed by atoms with van der Waals surface area (Å²) in [5.41, 5.74) is -0.851. The van der Waals surface area contributed by atoms with Crippen LogP contribution in [0.15, 0.2) is 0 Å². The van der Waals surface area contributed by atoms with Gasteiger partial charge in [-0.25, -0.2) is 8.78 Å². The van der Waals surface area contributed by atoms with E-state index in [-0.39, 0.29) is 39.5 Å². The summed E-state index contributed by atoms with van der Waals surface area (Å²) < 4.78 is 25.4. The van der Waals surface area contributed by atoms with Crippen LogP contribution in [0.1, 0.15) is 6.42 Å². The molecule has 1 aliphatic heterocycles. The number of nitrogens with zero attached hydrogens (tertiary/aromatic N) is 1. The van der Waals surface area contributed by atoms with E-state index in [2.05, 4.69) is 0 Å². The Morgan fingerprint density at radius 2 is 2.08 bits per heavy atom. The van der Waals surface area contributed by atoms with E-state index in [1.165, 1.54) is 0 Å². The molecule has 12 heavy (non-hydrogen) atoms. The molecule has 0 aromatic heterocycles. The second kappa shape index (κ2) is 2.71. The molecule has 5 heteroatoms. The van der Waals surface area contributed by atoms with Gasteiger partial charge in [0.25, 0.3) is 5.92 Å². The maximum atomic E-state index is 12.7. The van der Waals surface area contributed by atoms with Gasteiger partial charge in [0.15, 0.2) is 0 Å². The SMILES string of the molecule is CN1CC2(CC2(F)F)C1CO.[Pd]. The summed E-state index contributed by atoms with van der Waals surface area (Å²) in [5, 5.41) is 8.79. The minimum atomic E-state index is -2.51. The van der Waals surface area contributed by atoms with Crippen LogP contribution in [-0.2, 0) is 20.4 Å². The van der Waals surface area contributed by atoms with Gasteiger partial charge >= 0.3 is 0 Å².